The van der Waals surface area contributed by atoms with Crippen LogP contribution in [0.15, 0.2) is 48.5 Å². The average Bonchev–Trinajstić information content (AvgIpc) is 2.88. The highest BCUT2D eigenvalue weighted by molar-refractivity contribution is 6.06. The summed E-state index contributed by atoms with van der Waals surface area (Å²) in [4.78, 5) is 49.2. The molecule has 13 heteroatoms. The second-order valence-electron chi connectivity index (χ2n) is 8.27. The van der Waals surface area contributed by atoms with Crippen molar-refractivity contribution in [1.29, 1.82) is 0 Å². The van der Waals surface area contributed by atoms with E-state index in [1.165, 1.54) is 6.07 Å². The number of piperazine rings is 1. The quantitative estimate of drug-likeness (QED) is 0.403. The molecule has 2 aromatic carbocycles. The fourth-order valence-electron chi connectivity index (χ4n) is 3.50. The van der Waals surface area contributed by atoms with Crippen LogP contribution in [0.5, 0.6) is 0 Å². The number of anilines is 2. The zero-order valence-corrected chi connectivity index (χ0v) is 20.6. The van der Waals surface area contributed by atoms with E-state index in [0.29, 0.717) is 50.5 Å². The molecule has 2 amide bonds. The van der Waals surface area contributed by atoms with E-state index >= 15 is 0 Å². The molecule has 1 saturated heterocycles. The Morgan fingerprint density at radius 1 is 0.921 bits per heavy atom. The highest BCUT2D eigenvalue weighted by Crippen LogP contribution is 2.29. The van der Waals surface area contributed by atoms with Crippen molar-refractivity contribution in [2.75, 3.05) is 49.5 Å². The topological polar surface area (TPSA) is 139 Å². The number of alkyl halides is 3. The number of carbonyl (C=O) groups excluding carboxylic acids is 2. The Balaban J connectivity index is 0.000000638. The van der Waals surface area contributed by atoms with E-state index in [0.717, 1.165) is 12.1 Å². The maximum Gasteiger partial charge on any atom is 0.490 e. The van der Waals surface area contributed by atoms with E-state index in [4.69, 9.17) is 9.90 Å². The van der Waals surface area contributed by atoms with Gasteiger partial charge in [-0.25, -0.2) is 9.59 Å². The number of rotatable bonds is 8. The van der Waals surface area contributed by atoms with Gasteiger partial charge in [-0.05, 0) is 36.8 Å². The van der Waals surface area contributed by atoms with Crippen molar-refractivity contribution in [2.45, 2.75) is 19.5 Å². The SMILES string of the molecule is CCCNC(=O)CN1CCN(c2ccc(C(=O)O)cc2NC(=O)c2ccccc2)CC1.O=C(O)C(F)(F)F. The van der Waals surface area contributed by atoms with Crippen molar-refractivity contribution < 1.29 is 42.6 Å². The molecule has 3 rings (SSSR count). The van der Waals surface area contributed by atoms with Gasteiger partial charge in [0.25, 0.3) is 5.91 Å². The molecule has 10 nitrogen and oxygen atoms in total. The molecule has 1 aliphatic rings. The summed E-state index contributed by atoms with van der Waals surface area (Å²) in [6.07, 6.45) is -4.18. The number of benzene rings is 2. The average molecular weight is 539 g/mol. The smallest absolute Gasteiger partial charge is 0.478 e. The molecule has 0 atom stereocenters. The lowest BCUT2D eigenvalue weighted by atomic mass is 10.1. The summed E-state index contributed by atoms with van der Waals surface area (Å²) < 4.78 is 31.7. The van der Waals surface area contributed by atoms with Crippen molar-refractivity contribution in [3.05, 3.63) is 59.7 Å². The highest BCUT2D eigenvalue weighted by atomic mass is 19.4. The van der Waals surface area contributed by atoms with E-state index in [-0.39, 0.29) is 17.4 Å². The molecular formula is C25H29F3N4O6. The Morgan fingerprint density at radius 2 is 1.53 bits per heavy atom. The molecule has 1 heterocycles. The van der Waals surface area contributed by atoms with Gasteiger partial charge in [-0.2, -0.15) is 13.2 Å². The molecule has 1 aliphatic heterocycles. The lowest BCUT2D eigenvalue weighted by molar-refractivity contribution is -0.192. The number of halogens is 3. The monoisotopic (exact) mass is 538 g/mol. The summed E-state index contributed by atoms with van der Waals surface area (Å²) in [7, 11) is 0. The third-order valence-corrected chi connectivity index (χ3v) is 5.42. The predicted molar refractivity (Wildman–Crippen MR) is 133 cm³/mol. The first-order chi connectivity index (χ1) is 17.9. The van der Waals surface area contributed by atoms with Crippen LogP contribution in [0.4, 0.5) is 24.5 Å². The molecule has 38 heavy (non-hydrogen) atoms. The maximum absolute atomic E-state index is 12.7. The van der Waals surface area contributed by atoms with E-state index in [1.807, 2.05) is 13.0 Å². The third kappa shape index (κ3) is 9.39. The largest absolute Gasteiger partial charge is 0.490 e. The van der Waals surface area contributed by atoms with E-state index in [9.17, 15) is 32.7 Å². The molecule has 0 unspecified atom stereocenters. The molecule has 0 aliphatic carbocycles. The summed E-state index contributed by atoms with van der Waals surface area (Å²) in [5.74, 6) is -4.08. The van der Waals surface area contributed by atoms with Gasteiger partial charge in [-0.1, -0.05) is 25.1 Å². The number of carbonyl (C=O) groups is 4. The predicted octanol–water partition coefficient (Wildman–Crippen LogP) is 2.92. The number of carboxylic acid groups (broad SMARTS) is 2. The maximum atomic E-state index is 12.7. The molecule has 206 valence electrons. The normalized spacial score (nSPS) is 13.6. The van der Waals surface area contributed by atoms with E-state index in [2.05, 4.69) is 20.4 Å². The Hall–Kier alpha value is -4.13. The Morgan fingerprint density at radius 3 is 2.05 bits per heavy atom. The number of hydrogen-bond donors (Lipinski definition) is 4. The first-order valence-electron chi connectivity index (χ1n) is 11.7. The summed E-state index contributed by atoms with van der Waals surface area (Å²) in [6.45, 7) is 5.80. The zero-order valence-electron chi connectivity index (χ0n) is 20.6. The number of nitrogens with one attached hydrogen (secondary N) is 2. The Labute approximate surface area is 217 Å². The van der Waals surface area contributed by atoms with Crippen LogP contribution in [0, 0.1) is 0 Å². The number of amides is 2. The molecule has 0 saturated carbocycles. The van der Waals surface area contributed by atoms with Gasteiger partial charge in [-0.3, -0.25) is 14.5 Å². The summed E-state index contributed by atoms with van der Waals surface area (Å²) in [5.41, 5.74) is 1.84. The van der Waals surface area contributed by atoms with Crippen molar-refractivity contribution >= 4 is 35.1 Å². The molecule has 4 N–H and O–H groups in total. The molecule has 0 bridgehead atoms. The molecule has 1 fully saturated rings. The summed E-state index contributed by atoms with van der Waals surface area (Å²) >= 11 is 0. The Kier molecular flexibility index (Phi) is 11.1. The fraction of sp³-hybridized carbons (Fsp3) is 0.360. The van der Waals surface area contributed by atoms with Crippen molar-refractivity contribution in [1.82, 2.24) is 10.2 Å². The molecule has 0 aromatic heterocycles. The second kappa shape index (κ2) is 14.0. The minimum absolute atomic E-state index is 0.0249. The van der Waals surface area contributed by atoms with Crippen molar-refractivity contribution in [2.24, 2.45) is 0 Å². The minimum Gasteiger partial charge on any atom is -0.478 e. The zero-order chi connectivity index (χ0) is 28.3. The summed E-state index contributed by atoms with van der Waals surface area (Å²) in [6, 6.07) is 13.6. The van der Waals surface area contributed by atoms with Crippen molar-refractivity contribution in [3.63, 3.8) is 0 Å². The molecular weight excluding hydrogens is 509 g/mol. The van der Waals surface area contributed by atoms with Crippen LogP contribution < -0.4 is 15.5 Å². The van der Waals surface area contributed by atoms with Gasteiger partial charge in [-0.15, -0.1) is 0 Å². The molecule has 2 aromatic rings. The Bertz CT molecular complexity index is 1120. The number of nitrogens with zero attached hydrogens (tertiary/aromatic N) is 2. The standard InChI is InChI=1S/C23H28N4O4.C2HF3O2/c1-2-10-24-21(28)16-26-11-13-27(14-12-26)20-9-8-18(23(30)31)15-19(20)25-22(29)17-6-4-3-5-7-17;3-2(4,5)1(6)7/h3-9,15H,2,10-14,16H2,1H3,(H,24,28)(H,25,29)(H,30,31);(H,6,7). The number of carboxylic acids is 2. The van der Waals surface area contributed by atoms with Crippen LogP contribution in [0.25, 0.3) is 0 Å². The number of hydrogen-bond acceptors (Lipinski definition) is 6. The lowest BCUT2D eigenvalue weighted by Gasteiger charge is -2.36. The first-order valence-corrected chi connectivity index (χ1v) is 11.7. The van der Waals surface area contributed by atoms with Gasteiger partial charge in [0.1, 0.15) is 0 Å². The lowest BCUT2D eigenvalue weighted by Crippen LogP contribution is -2.49. The van der Waals surface area contributed by atoms with Crippen LogP contribution in [0.3, 0.4) is 0 Å². The third-order valence-electron chi connectivity index (χ3n) is 5.42. The summed E-state index contributed by atoms with van der Waals surface area (Å²) in [5, 5.41) is 22.2. The van der Waals surface area contributed by atoms with Crippen LogP contribution in [0.2, 0.25) is 0 Å². The van der Waals surface area contributed by atoms with Gasteiger partial charge < -0.3 is 25.7 Å². The first kappa shape index (κ1) is 30.1. The van der Waals surface area contributed by atoms with E-state index in [1.54, 1.807) is 36.4 Å². The number of aliphatic carboxylic acids is 1. The van der Waals surface area contributed by atoms with Crippen LogP contribution >= 0.6 is 0 Å². The van der Waals surface area contributed by atoms with E-state index < -0.39 is 18.1 Å². The molecule has 0 spiro atoms. The van der Waals surface area contributed by atoms with Gasteiger partial charge in [0.05, 0.1) is 23.5 Å². The van der Waals surface area contributed by atoms with Crippen LogP contribution in [-0.4, -0.2) is 84.3 Å². The van der Waals surface area contributed by atoms with Crippen LogP contribution in [0.1, 0.15) is 34.1 Å². The second-order valence-corrected chi connectivity index (χ2v) is 8.27. The van der Waals surface area contributed by atoms with Gasteiger partial charge in [0, 0.05) is 38.3 Å². The highest BCUT2D eigenvalue weighted by Gasteiger charge is 2.38. The van der Waals surface area contributed by atoms with Gasteiger partial charge in [0.2, 0.25) is 5.91 Å². The van der Waals surface area contributed by atoms with Crippen LogP contribution in [-0.2, 0) is 9.59 Å². The number of aromatic carboxylic acids is 1. The fourth-order valence-corrected chi connectivity index (χ4v) is 3.50. The van der Waals surface area contributed by atoms with Gasteiger partial charge >= 0.3 is 18.1 Å². The van der Waals surface area contributed by atoms with Crippen molar-refractivity contribution in [3.8, 4) is 0 Å². The molecule has 0 radical (unpaired) electrons. The minimum atomic E-state index is -5.08. The van der Waals surface area contributed by atoms with Gasteiger partial charge in [0.15, 0.2) is 0 Å².